The molecule has 0 aliphatic rings. The molecule has 0 aliphatic carbocycles. The number of aryl methyl sites for hydroxylation is 1. The second kappa shape index (κ2) is 17.5. The summed E-state index contributed by atoms with van der Waals surface area (Å²) in [5.41, 5.74) is 2.68. The Balaban J connectivity index is 1.33. The average molecular weight is 678 g/mol. The second-order valence-electron chi connectivity index (χ2n) is 11.0. The van der Waals surface area contributed by atoms with Gasteiger partial charge in [-0.2, -0.15) is 4.39 Å². The molecule has 0 radical (unpaired) electrons. The van der Waals surface area contributed by atoms with Gasteiger partial charge in [-0.1, -0.05) is 13.8 Å². The normalized spacial score (nSPS) is 11.4. The van der Waals surface area contributed by atoms with E-state index in [0.29, 0.717) is 92.4 Å². The Morgan fingerprint density at radius 3 is 2.53 bits per heavy atom. The number of methoxy groups -OCH3 is 1. The maximum Gasteiger partial charge on any atom is 0.251 e. The lowest BCUT2D eigenvalue weighted by molar-refractivity contribution is -0.125. The van der Waals surface area contributed by atoms with Crippen LogP contribution in [0.1, 0.15) is 55.5 Å². The van der Waals surface area contributed by atoms with Gasteiger partial charge in [0, 0.05) is 55.3 Å². The maximum absolute atomic E-state index is 14.9. The highest BCUT2D eigenvalue weighted by Gasteiger charge is 2.20. The van der Waals surface area contributed by atoms with E-state index in [1.54, 1.807) is 22.7 Å². The van der Waals surface area contributed by atoms with Crippen molar-refractivity contribution in [3.63, 3.8) is 0 Å². The summed E-state index contributed by atoms with van der Waals surface area (Å²) in [6, 6.07) is 7.38. The first-order valence-corrected chi connectivity index (χ1v) is 16.0. The summed E-state index contributed by atoms with van der Waals surface area (Å²) in [7, 11) is 1.26. The van der Waals surface area contributed by atoms with Crippen molar-refractivity contribution in [3.05, 3.63) is 71.7 Å². The van der Waals surface area contributed by atoms with Gasteiger partial charge < -0.3 is 31.3 Å². The van der Waals surface area contributed by atoms with Crippen LogP contribution in [-0.2, 0) is 16.0 Å². The minimum atomic E-state index is -1.09. The molecule has 2 aromatic heterocycles. The number of rotatable bonds is 18. The van der Waals surface area contributed by atoms with Crippen LogP contribution in [0.3, 0.4) is 0 Å². The summed E-state index contributed by atoms with van der Waals surface area (Å²) in [5, 5.41) is 22.0. The van der Waals surface area contributed by atoms with E-state index in [1.165, 1.54) is 31.6 Å². The largest absolute Gasteiger partial charge is 0.494 e. The summed E-state index contributed by atoms with van der Waals surface area (Å²) < 4.78 is 35.7. The first-order chi connectivity index (χ1) is 23.7. The SMILES string of the molecule is CCC(=N)NCCC[C@H](NC=O)C(=O)NCCCNC(=O)c1ccc(Nc2nccn3c(-c4ccc(OC)c(F)c4F)cnc23)cc1CC. The Hall–Kier alpha value is -5.60. The highest BCUT2D eigenvalue weighted by atomic mass is 19.2. The Kier molecular flexibility index (Phi) is 13.0. The second-order valence-corrected chi connectivity index (χ2v) is 11.0. The molecule has 15 heteroatoms. The van der Waals surface area contributed by atoms with Gasteiger partial charge in [-0.25, -0.2) is 14.4 Å². The fourth-order valence-electron chi connectivity index (χ4n) is 5.18. The van der Waals surface area contributed by atoms with E-state index in [2.05, 4.69) is 36.6 Å². The van der Waals surface area contributed by atoms with Gasteiger partial charge in [-0.05, 0) is 61.6 Å². The first kappa shape index (κ1) is 36.2. The zero-order chi connectivity index (χ0) is 35.3. The Bertz CT molecular complexity index is 1800. The number of fused-ring (bicyclic) bond motifs is 1. The third-order valence-electron chi connectivity index (χ3n) is 7.85. The number of anilines is 2. The minimum absolute atomic E-state index is 0.0161. The monoisotopic (exact) mass is 677 g/mol. The fourth-order valence-corrected chi connectivity index (χ4v) is 5.18. The molecule has 6 N–H and O–H groups in total. The maximum atomic E-state index is 14.9. The third-order valence-corrected chi connectivity index (χ3v) is 7.85. The van der Waals surface area contributed by atoms with Crippen molar-refractivity contribution >= 4 is 41.2 Å². The molecule has 260 valence electrons. The number of amides is 3. The molecule has 0 bridgehead atoms. The molecule has 13 nitrogen and oxygen atoms in total. The number of aromatic nitrogens is 3. The Morgan fingerprint density at radius 1 is 1.02 bits per heavy atom. The number of halogens is 2. The lowest BCUT2D eigenvalue weighted by Gasteiger charge is -2.16. The number of carbonyl (C=O) groups excluding carboxylic acids is 3. The van der Waals surface area contributed by atoms with E-state index in [1.807, 2.05) is 19.9 Å². The van der Waals surface area contributed by atoms with Gasteiger partial charge in [0.05, 0.1) is 24.8 Å². The number of hydrogen-bond donors (Lipinski definition) is 6. The highest BCUT2D eigenvalue weighted by Crippen LogP contribution is 2.31. The average Bonchev–Trinajstić information content (AvgIpc) is 3.55. The number of nitrogens with one attached hydrogen (secondary N) is 6. The van der Waals surface area contributed by atoms with E-state index < -0.39 is 17.7 Å². The van der Waals surface area contributed by atoms with Crippen LogP contribution in [0.15, 0.2) is 48.9 Å². The van der Waals surface area contributed by atoms with Gasteiger partial charge in [0.1, 0.15) is 6.04 Å². The molecular weight excluding hydrogens is 636 g/mol. The molecule has 0 aliphatic heterocycles. The van der Waals surface area contributed by atoms with Crippen LogP contribution in [0.5, 0.6) is 5.75 Å². The quantitative estimate of drug-likeness (QED) is 0.0395. The molecule has 0 unspecified atom stereocenters. The summed E-state index contributed by atoms with van der Waals surface area (Å²) in [6.45, 7) is 4.98. The summed E-state index contributed by atoms with van der Waals surface area (Å²) in [4.78, 5) is 45.3. The molecule has 1 atom stereocenters. The third kappa shape index (κ3) is 9.06. The van der Waals surface area contributed by atoms with Crippen molar-refractivity contribution < 1.29 is 27.9 Å². The molecule has 0 saturated carbocycles. The zero-order valence-corrected chi connectivity index (χ0v) is 27.7. The smallest absolute Gasteiger partial charge is 0.251 e. The molecule has 0 spiro atoms. The van der Waals surface area contributed by atoms with E-state index >= 15 is 0 Å². The van der Waals surface area contributed by atoms with E-state index in [9.17, 15) is 23.2 Å². The van der Waals surface area contributed by atoms with E-state index in [0.717, 1.165) is 5.56 Å². The molecular formula is C34H41F2N9O4. The number of nitrogens with zero attached hydrogens (tertiary/aromatic N) is 3. The van der Waals surface area contributed by atoms with Crippen molar-refractivity contribution in [1.29, 1.82) is 5.41 Å². The lowest BCUT2D eigenvalue weighted by Crippen LogP contribution is -2.44. The standard InChI is InChI=1S/C34H41F2N9O4/c1-4-21-18-22(44-31-32-42-19-26(45(32)17-16-39-31)24-11-12-27(49-3)30(36)29(24)35)9-10-23(21)33(47)40-14-7-15-41-34(48)25(43-20-46)8-6-13-38-28(37)5-2/h9-12,16-20,25H,4-8,13-15H2,1-3H3,(H2,37,38)(H,39,44)(H,40,47)(H,41,48)(H,43,46)/t25-/m0/s1. The van der Waals surface area contributed by atoms with Crippen LogP contribution in [0.25, 0.3) is 16.9 Å². The number of benzene rings is 2. The molecule has 3 amide bonds. The topological polar surface area (TPSA) is 175 Å². The van der Waals surface area contributed by atoms with Crippen molar-refractivity contribution in [2.75, 3.05) is 32.1 Å². The number of carbonyl (C=O) groups is 3. The molecule has 4 aromatic rings. The van der Waals surface area contributed by atoms with Crippen LogP contribution >= 0.6 is 0 Å². The Labute approximate surface area is 282 Å². The Morgan fingerprint density at radius 2 is 1.80 bits per heavy atom. The van der Waals surface area contributed by atoms with Crippen molar-refractivity contribution in [2.24, 2.45) is 0 Å². The molecule has 2 aromatic carbocycles. The van der Waals surface area contributed by atoms with Crippen molar-refractivity contribution in [1.82, 2.24) is 35.6 Å². The van der Waals surface area contributed by atoms with Crippen LogP contribution in [0.4, 0.5) is 20.3 Å². The predicted octanol–water partition coefficient (Wildman–Crippen LogP) is 4.10. The zero-order valence-electron chi connectivity index (χ0n) is 27.7. The predicted molar refractivity (Wildman–Crippen MR) is 182 cm³/mol. The molecule has 0 fully saturated rings. The van der Waals surface area contributed by atoms with Crippen LogP contribution < -0.4 is 31.3 Å². The first-order valence-electron chi connectivity index (χ1n) is 16.0. The van der Waals surface area contributed by atoms with Gasteiger partial charge in [0.15, 0.2) is 23.0 Å². The van der Waals surface area contributed by atoms with Gasteiger partial charge in [-0.3, -0.25) is 24.2 Å². The summed E-state index contributed by atoms with van der Waals surface area (Å²) in [5.74, 6) is -2.10. The number of ether oxygens (including phenoxy) is 1. The van der Waals surface area contributed by atoms with Gasteiger partial charge >= 0.3 is 0 Å². The van der Waals surface area contributed by atoms with Gasteiger partial charge in [0.2, 0.25) is 18.1 Å². The molecule has 4 rings (SSSR count). The van der Waals surface area contributed by atoms with Crippen LogP contribution in [0.2, 0.25) is 0 Å². The van der Waals surface area contributed by atoms with Crippen LogP contribution in [0, 0.1) is 17.0 Å². The number of imidazole rings is 1. The van der Waals surface area contributed by atoms with Crippen LogP contribution in [-0.4, -0.2) is 71.2 Å². The highest BCUT2D eigenvalue weighted by molar-refractivity contribution is 5.96. The van der Waals surface area contributed by atoms with Crippen molar-refractivity contribution in [3.8, 4) is 17.0 Å². The minimum Gasteiger partial charge on any atom is -0.494 e. The van der Waals surface area contributed by atoms with E-state index in [-0.39, 0.29) is 23.1 Å². The number of hydrogen-bond acceptors (Lipinski definition) is 8. The van der Waals surface area contributed by atoms with Gasteiger partial charge in [0.25, 0.3) is 5.91 Å². The summed E-state index contributed by atoms with van der Waals surface area (Å²) in [6.07, 6.45) is 7.73. The molecule has 49 heavy (non-hydrogen) atoms. The number of amidine groups is 1. The summed E-state index contributed by atoms with van der Waals surface area (Å²) >= 11 is 0. The lowest BCUT2D eigenvalue weighted by atomic mass is 10.0. The fraction of sp³-hybridized carbons (Fsp3) is 0.353. The van der Waals surface area contributed by atoms with E-state index in [4.69, 9.17) is 10.1 Å². The van der Waals surface area contributed by atoms with Gasteiger partial charge in [-0.15, -0.1) is 0 Å². The molecule has 0 saturated heterocycles. The van der Waals surface area contributed by atoms with Crippen molar-refractivity contribution in [2.45, 2.75) is 52.0 Å². The molecule has 2 heterocycles.